The minimum atomic E-state index is -0.916. The first-order valence-electron chi connectivity index (χ1n) is 6.69. The van der Waals surface area contributed by atoms with Crippen LogP contribution in [0.3, 0.4) is 0 Å². The van der Waals surface area contributed by atoms with E-state index in [1.807, 2.05) is 24.3 Å². The van der Waals surface area contributed by atoms with E-state index in [-0.39, 0.29) is 0 Å². The number of ether oxygens (including phenoxy) is 2. The number of para-hydroxylation sites is 1. The van der Waals surface area contributed by atoms with Gasteiger partial charge in [0.05, 0.1) is 13.2 Å². The van der Waals surface area contributed by atoms with Crippen molar-refractivity contribution in [1.29, 1.82) is 0 Å². The fraction of sp³-hybridized carbons (Fsp3) is 0.250. The summed E-state index contributed by atoms with van der Waals surface area (Å²) in [5, 5.41) is 0. The van der Waals surface area contributed by atoms with Crippen LogP contribution in [-0.2, 0) is 6.54 Å². The Balaban J connectivity index is 1.73. The Morgan fingerprint density at radius 1 is 0.905 bits per heavy atom. The summed E-state index contributed by atoms with van der Waals surface area (Å²) in [4.78, 5) is 0. The third kappa shape index (κ3) is 4.43. The molecule has 0 saturated carbocycles. The Kier molecular flexibility index (Phi) is 5.51. The molecule has 0 amide bonds. The molecule has 0 bridgehead atoms. The Bertz CT molecular complexity index is 590. The Hall–Kier alpha value is -2.14. The van der Waals surface area contributed by atoms with Gasteiger partial charge in [0.15, 0.2) is 11.6 Å². The maximum absolute atomic E-state index is 13.0. The van der Waals surface area contributed by atoms with E-state index in [1.54, 1.807) is 0 Å². The normalized spacial score (nSPS) is 10.4. The first-order valence-corrected chi connectivity index (χ1v) is 6.69. The van der Waals surface area contributed by atoms with E-state index in [4.69, 9.17) is 15.2 Å². The van der Waals surface area contributed by atoms with E-state index in [0.717, 1.165) is 23.4 Å². The Labute approximate surface area is 122 Å². The first-order chi connectivity index (χ1) is 10.2. The fourth-order valence-electron chi connectivity index (χ4n) is 1.81. The molecular formula is C16H17F2NO2. The van der Waals surface area contributed by atoms with Gasteiger partial charge in [0.25, 0.3) is 0 Å². The van der Waals surface area contributed by atoms with Crippen LogP contribution in [0.15, 0.2) is 42.5 Å². The van der Waals surface area contributed by atoms with Crippen molar-refractivity contribution in [3.05, 3.63) is 59.7 Å². The summed E-state index contributed by atoms with van der Waals surface area (Å²) in [6.45, 7) is 1.23. The molecule has 0 saturated heterocycles. The summed E-state index contributed by atoms with van der Waals surface area (Å²) in [6, 6.07) is 11.0. The van der Waals surface area contributed by atoms with Gasteiger partial charge in [-0.25, -0.2) is 8.78 Å². The van der Waals surface area contributed by atoms with Gasteiger partial charge >= 0.3 is 0 Å². The number of hydrogen-bond donors (Lipinski definition) is 1. The van der Waals surface area contributed by atoms with Gasteiger partial charge in [-0.3, -0.25) is 0 Å². The van der Waals surface area contributed by atoms with Crippen LogP contribution >= 0.6 is 0 Å². The van der Waals surface area contributed by atoms with E-state index in [2.05, 4.69) is 0 Å². The molecule has 0 unspecified atom stereocenters. The van der Waals surface area contributed by atoms with E-state index in [0.29, 0.717) is 31.9 Å². The minimum absolute atomic E-state index is 0.302. The average Bonchev–Trinajstić information content (AvgIpc) is 2.51. The molecule has 5 heteroatoms. The van der Waals surface area contributed by atoms with Gasteiger partial charge in [-0.1, -0.05) is 18.2 Å². The van der Waals surface area contributed by atoms with Gasteiger partial charge in [0.1, 0.15) is 11.5 Å². The van der Waals surface area contributed by atoms with Crippen molar-refractivity contribution in [2.75, 3.05) is 13.2 Å². The molecule has 2 aromatic rings. The molecule has 2 rings (SSSR count). The number of hydrogen-bond acceptors (Lipinski definition) is 3. The van der Waals surface area contributed by atoms with Crippen LogP contribution in [0.5, 0.6) is 11.5 Å². The smallest absolute Gasteiger partial charge is 0.162 e. The summed E-state index contributed by atoms with van der Waals surface area (Å²) in [7, 11) is 0. The zero-order valence-corrected chi connectivity index (χ0v) is 11.5. The molecule has 0 atom stereocenters. The third-order valence-electron chi connectivity index (χ3n) is 2.90. The SMILES string of the molecule is NCc1ccccc1OCCCOc1ccc(F)c(F)c1. The molecule has 21 heavy (non-hydrogen) atoms. The topological polar surface area (TPSA) is 44.5 Å². The molecule has 0 aliphatic rings. The molecule has 0 aromatic heterocycles. The minimum Gasteiger partial charge on any atom is -0.493 e. The molecule has 0 aliphatic carbocycles. The monoisotopic (exact) mass is 293 g/mol. The van der Waals surface area contributed by atoms with Crippen molar-refractivity contribution < 1.29 is 18.3 Å². The number of benzene rings is 2. The van der Waals surface area contributed by atoms with E-state index >= 15 is 0 Å². The van der Waals surface area contributed by atoms with Crippen LogP contribution in [0.1, 0.15) is 12.0 Å². The van der Waals surface area contributed by atoms with Crippen molar-refractivity contribution in [1.82, 2.24) is 0 Å². The third-order valence-corrected chi connectivity index (χ3v) is 2.90. The molecule has 0 fully saturated rings. The second kappa shape index (κ2) is 7.59. The standard InChI is InChI=1S/C16H17F2NO2/c17-14-7-6-13(10-15(14)18)20-8-3-9-21-16-5-2-1-4-12(16)11-19/h1-2,4-7,10H,3,8-9,11,19H2. The van der Waals surface area contributed by atoms with Gasteiger partial charge in [-0.2, -0.15) is 0 Å². The molecular weight excluding hydrogens is 276 g/mol. The zero-order valence-electron chi connectivity index (χ0n) is 11.5. The summed E-state index contributed by atoms with van der Waals surface area (Å²) in [5.41, 5.74) is 6.56. The summed E-state index contributed by atoms with van der Waals surface area (Å²) < 4.78 is 36.6. The van der Waals surface area contributed by atoms with Crippen LogP contribution in [0.4, 0.5) is 8.78 Å². The van der Waals surface area contributed by atoms with Crippen molar-refractivity contribution >= 4 is 0 Å². The molecule has 0 aliphatic heterocycles. The lowest BCUT2D eigenvalue weighted by atomic mass is 10.2. The molecule has 0 spiro atoms. The fourth-order valence-corrected chi connectivity index (χ4v) is 1.81. The summed E-state index contributed by atoms with van der Waals surface area (Å²) >= 11 is 0. The van der Waals surface area contributed by atoms with Crippen molar-refractivity contribution in [3.63, 3.8) is 0 Å². The van der Waals surface area contributed by atoms with Crippen LogP contribution in [0.25, 0.3) is 0 Å². The van der Waals surface area contributed by atoms with Crippen LogP contribution < -0.4 is 15.2 Å². The predicted molar refractivity (Wildman–Crippen MR) is 76.3 cm³/mol. The van der Waals surface area contributed by atoms with Crippen molar-refractivity contribution in [3.8, 4) is 11.5 Å². The number of rotatable bonds is 7. The van der Waals surface area contributed by atoms with Gasteiger partial charge in [0, 0.05) is 24.6 Å². The van der Waals surface area contributed by atoms with Crippen molar-refractivity contribution in [2.24, 2.45) is 5.73 Å². The van der Waals surface area contributed by atoms with Gasteiger partial charge in [-0.15, -0.1) is 0 Å². The highest BCUT2D eigenvalue weighted by Crippen LogP contribution is 2.18. The molecule has 2 aromatic carbocycles. The maximum atomic E-state index is 13.0. The number of halogens is 2. The van der Waals surface area contributed by atoms with E-state index in [9.17, 15) is 8.78 Å². The molecule has 2 N–H and O–H groups in total. The highest BCUT2D eigenvalue weighted by atomic mass is 19.2. The zero-order chi connectivity index (χ0) is 15.1. The van der Waals surface area contributed by atoms with Crippen LogP contribution in [-0.4, -0.2) is 13.2 Å². The molecule has 0 radical (unpaired) electrons. The highest BCUT2D eigenvalue weighted by molar-refractivity contribution is 5.32. The van der Waals surface area contributed by atoms with E-state index in [1.165, 1.54) is 6.07 Å². The Morgan fingerprint density at radius 2 is 1.67 bits per heavy atom. The second-order valence-corrected chi connectivity index (χ2v) is 4.44. The lowest BCUT2D eigenvalue weighted by Crippen LogP contribution is -2.07. The summed E-state index contributed by atoms with van der Waals surface area (Å²) in [6.07, 6.45) is 0.623. The van der Waals surface area contributed by atoms with Gasteiger partial charge in [-0.05, 0) is 18.2 Å². The van der Waals surface area contributed by atoms with Gasteiger partial charge < -0.3 is 15.2 Å². The molecule has 112 valence electrons. The van der Waals surface area contributed by atoms with Crippen LogP contribution in [0.2, 0.25) is 0 Å². The van der Waals surface area contributed by atoms with Gasteiger partial charge in [0.2, 0.25) is 0 Å². The first kappa shape index (κ1) is 15.3. The maximum Gasteiger partial charge on any atom is 0.162 e. The predicted octanol–water partition coefficient (Wildman–Crippen LogP) is 3.27. The van der Waals surface area contributed by atoms with Crippen LogP contribution in [0, 0.1) is 11.6 Å². The lowest BCUT2D eigenvalue weighted by Gasteiger charge is -2.10. The summed E-state index contributed by atoms with van der Waals surface area (Å²) in [5.74, 6) is -0.742. The number of nitrogens with two attached hydrogens (primary N) is 1. The quantitative estimate of drug-likeness (QED) is 0.797. The van der Waals surface area contributed by atoms with Crippen molar-refractivity contribution in [2.45, 2.75) is 13.0 Å². The average molecular weight is 293 g/mol. The molecule has 0 heterocycles. The molecule has 3 nitrogen and oxygen atoms in total. The lowest BCUT2D eigenvalue weighted by molar-refractivity contribution is 0.245. The van der Waals surface area contributed by atoms with E-state index < -0.39 is 11.6 Å². The second-order valence-electron chi connectivity index (χ2n) is 4.44. The largest absolute Gasteiger partial charge is 0.493 e. The Morgan fingerprint density at radius 3 is 2.43 bits per heavy atom. The highest BCUT2D eigenvalue weighted by Gasteiger charge is 2.03.